The van der Waals surface area contributed by atoms with E-state index >= 15 is 0 Å². The molecule has 0 aromatic heterocycles. The molecule has 142 valence electrons. The number of methoxy groups -OCH3 is 2. The summed E-state index contributed by atoms with van der Waals surface area (Å²) in [6, 6.07) is 4.72. The van der Waals surface area contributed by atoms with Crippen LogP contribution in [0, 0.1) is 0 Å². The zero-order valence-electron chi connectivity index (χ0n) is 15.6. The fourth-order valence-corrected chi connectivity index (χ4v) is 4.37. The summed E-state index contributed by atoms with van der Waals surface area (Å²) < 4.78 is 37.7. The Labute approximate surface area is 151 Å². The van der Waals surface area contributed by atoms with Gasteiger partial charge in [-0.05, 0) is 45.7 Å². The van der Waals surface area contributed by atoms with Crippen molar-refractivity contribution in [2.75, 3.05) is 67.6 Å². The van der Waals surface area contributed by atoms with Crippen molar-refractivity contribution in [1.82, 2.24) is 14.1 Å². The van der Waals surface area contributed by atoms with Crippen molar-refractivity contribution in [3.63, 3.8) is 0 Å². The fourth-order valence-electron chi connectivity index (χ4n) is 2.93. The van der Waals surface area contributed by atoms with E-state index in [2.05, 4.69) is 23.9 Å². The Morgan fingerprint density at radius 3 is 2.24 bits per heavy atom. The van der Waals surface area contributed by atoms with Crippen LogP contribution in [-0.4, -0.2) is 90.1 Å². The van der Waals surface area contributed by atoms with Crippen LogP contribution >= 0.6 is 0 Å². The molecule has 1 aliphatic rings. The molecular formula is C17H29N3O4S. The number of hydrogen-bond acceptors (Lipinski definition) is 6. The lowest BCUT2D eigenvalue weighted by molar-refractivity contribution is 0.181. The summed E-state index contributed by atoms with van der Waals surface area (Å²) in [6.07, 6.45) is 1.09. The van der Waals surface area contributed by atoms with Gasteiger partial charge in [0.2, 0.25) is 10.0 Å². The van der Waals surface area contributed by atoms with Crippen molar-refractivity contribution in [2.45, 2.75) is 11.3 Å². The zero-order valence-corrected chi connectivity index (χ0v) is 16.4. The molecule has 7 nitrogen and oxygen atoms in total. The molecule has 0 N–H and O–H groups in total. The number of benzene rings is 1. The Kier molecular flexibility index (Phi) is 7.06. The summed E-state index contributed by atoms with van der Waals surface area (Å²) in [4.78, 5) is 4.73. The van der Waals surface area contributed by atoms with Crippen molar-refractivity contribution in [2.24, 2.45) is 0 Å². The molecule has 0 saturated carbocycles. The van der Waals surface area contributed by atoms with Crippen LogP contribution in [0.5, 0.6) is 11.5 Å². The zero-order chi connectivity index (χ0) is 18.4. The van der Waals surface area contributed by atoms with Crippen LogP contribution < -0.4 is 9.47 Å². The number of hydrogen-bond donors (Lipinski definition) is 0. The van der Waals surface area contributed by atoms with Crippen LogP contribution in [0.1, 0.15) is 6.42 Å². The van der Waals surface area contributed by atoms with E-state index in [0.29, 0.717) is 24.6 Å². The van der Waals surface area contributed by atoms with E-state index < -0.39 is 10.0 Å². The predicted octanol–water partition coefficient (Wildman–Crippen LogP) is 0.962. The number of rotatable bonds is 8. The molecule has 0 atom stereocenters. The Bertz CT molecular complexity index is 656. The van der Waals surface area contributed by atoms with Gasteiger partial charge in [-0.1, -0.05) is 0 Å². The molecule has 0 spiro atoms. The first-order chi connectivity index (χ1) is 11.9. The predicted molar refractivity (Wildman–Crippen MR) is 97.9 cm³/mol. The summed E-state index contributed by atoms with van der Waals surface area (Å²) in [5, 5.41) is 0. The summed E-state index contributed by atoms with van der Waals surface area (Å²) in [5.41, 5.74) is 0. The van der Waals surface area contributed by atoms with Gasteiger partial charge in [-0.15, -0.1) is 0 Å². The van der Waals surface area contributed by atoms with E-state index in [-0.39, 0.29) is 4.90 Å². The summed E-state index contributed by atoms with van der Waals surface area (Å²) >= 11 is 0. The summed E-state index contributed by atoms with van der Waals surface area (Å²) in [7, 11) is 3.64. The normalized spacial score (nSPS) is 17.0. The van der Waals surface area contributed by atoms with Gasteiger partial charge < -0.3 is 19.3 Å². The van der Waals surface area contributed by atoms with Gasteiger partial charge in [-0.25, -0.2) is 8.42 Å². The highest BCUT2D eigenvalue weighted by molar-refractivity contribution is 7.89. The van der Waals surface area contributed by atoms with E-state index in [1.807, 2.05) is 0 Å². The number of nitrogens with zero attached hydrogens (tertiary/aromatic N) is 3. The topological polar surface area (TPSA) is 62.3 Å². The molecule has 1 fully saturated rings. The second kappa shape index (κ2) is 8.84. The molecule has 2 rings (SSSR count). The molecule has 1 aliphatic heterocycles. The van der Waals surface area contributed by atoms with E-state index in [0.717, 1.165) is 32.6 Å². The highest BCUT2D eigenvalue weighted by atomic mass is 32.2. The van der Waals surface area contributed by atoms with Gasteiger partial charge in [0, 0.05) is 32.2 Å². The molecule has 1 aromatic rings. The lowest BCUT2D eigenvalue weighted by atomic mass is 10.3. The first-order valence-corrected chi connectivity index (χ1v) is 9.91. The van der Waals surface area contributed by atoms with Crippen molar-refractivity contribution in [3.05, 3.63) is 18.2 Å². The largest absolute Gasteiger partial charge is 0.493 e. The maximum Gasteiger partial charge on any atom is 0.243 e. The van der Waals surface area contributed by atoms with Gasteiger partial charge in [0.25, 0.3) is 0 Å². The third-order valence-electron chi connectivity index (χ3n) is 4.40. The Balaban J connectivity index is 2.00. The quantitative estimate of drug-likeness (QED) is 0.678. The molecule has 1 heterocycles. The van der Waals surface area contributed by atoms with E-state index in [1.165, 1.54) is 20.3 Å². The minimum Gasteiger partial charge on any atom is -0.493 e. The van der Waals surface area contributed by atoms with Gasteiger partial charge in [0.15, 0.2) is 11.5 Å². The van der Waals surface area contributed by atoms with Crippen molar-refractivity contribution in [3.8, 4) is 11.5 Å². The molecule has 8 heteroatoms. The molecule has 1 saturated heterocycles. The van der Waals surface area contributed by atoms with E-state index in [4.69, 9.17) is 9.47 Å². The van der Waals surface area contributed by atoms with Crippen LogP contribution in [0.15, 0.2) is 23.1 Å². The van der Waals surface area contributed by atoms with Gasteiger partial charge in [0.05, 0.1) is 19.1 Å². The SMILES string of the molecule is COc1ccc(S(=O)(=O)N2CCN(CCCN(C)C)CC2)cc1OC. The molecule has 0 amide bonds. The lowest BCUT2D eigenvalue weighted by Gasteiger charge is -2.34. The fraction of sp³-hybridized carbons (Fsp3) is 0.647. The van der Waals surface area contributed by atoms with Crippen molar-refractivity contribution >= 4 is 10.0 Å². The molecule has 25 heavy (non-hydrogen) atoms. The molecule has 0 bridgehead atoms. The number of sulfonamides is 1. The average Bonchev–Trinajstić information content (AvgIpc) is 2.61. The van der Waals surface area contributed by atoms with Crippen LogP contribution in [0.3, 0.4) is 0 Å². The Morgan fingerprint density at radius 2 is 1.68 bits per heavy atom. The highest BCUT2D eigenvalue weighted by Gasteiger charge is 2.29. The summed E-state index contributed by atoms with van der Waals surface area (Å²) in [6.45, 7) is 4.60. The van der Waals surface area contributed by atoms with E-state index in [9.17, 15) is 8.42 Å². The van der Waals surface area contributed by atoms with Crippen molar-refractivity contribution in [1.29, 1.82) is 0 Å². The minimum atomic E-state index is -3.51. The molecule has 0 unspecified atom stereocenters. The minimum absolute atomic E-state index is 0.242. The van der Waals surface area contributed by atoms with Crippen LogP contribution in [0.4, 0.5) is 0 Å². The first kappa shape index (κ1) is 20.0. The molecule has 0 aliphatic carbocycles. The van der Waals surface area contributed by atoms with Crippen LogP contribution in [-0.2, 0) is 10.0 Å². The number of piperazine rings is 1. The smallest absolute Gasteiger partial charge is 0.243 e. The van der Waals surface area contributed by atoms with Crippen LogP contribution in [0.25, 0.3) is 0 Å². The van der Waals surface area contributed by atoms with Crippen molar-refractivity contribution < 1.29 is 17.9 Å². The lowest BCUT2D eigenvalue weighted by Crippen LogP contribution is -2.48. The second-order valence-electron chi connectivity index (χ2n) is 6.42. The Hall–Kier alpha value is -1.35. The summed E-state index contributed by atoms with van der Waals surface area (Å²) in [5.74, 6) is 0.943. The van der Waals surface area contributed by atoms with Gasteiger partial charge in [0.1, 0.15) is 0 Å². The van der Waals surface area contributed by atoms with Gasteiger partial charge >= 0.3 is 0 Å². The second-order valence-corrected chi connectivity index (χ2v) is 8.36. The average molecular weight is 372 g/mol. The molecule has 0 radical (unpaired) electrons. The maximum atomic E-state index is 12.9. The van der Waals surface area contributed by atoms with Gasteiger partial charge in [-0.3, -0.25) is 0 Å². The standard InChI is InChI=1S/C17H29N3O4S/c1-18(2)8-5-9-19-10-12-20(13-11-19)25(21,22)15-6-7-16(23-3)17(14-15)24-4/h6-7,14H,5,8-13H2,1-4H3. The third-order valence-corrected chi connectivity index (χ3v) is 6.30. The number of ether oxygens (including phenoxy) is 2. The first-order valence-electron chi connectivity index (χ1n) is 8.47. The third kappa shape index (κ3) is 5.07. The van der Waals surface area contributed by atoms with E-state index in [1.54, 1.807) is 16.4 Å². The van der Waals surface area contributed by atoms with Crippen LogP contribution in [0.2, 0.25) is 0 Å². The maximum absolute atomic E-state index is 12.9. The molecule has 1 aromatic carbocycles. The Morgan fingerprint density at radius 1 is 1.04 bits per heavy atom. The highest BCUT2D eigenvalue weighted by Crippen LogP contribution is 2.30. The monoisotopic (exact) mass is 371 g/mol. The van der Waals surface area contributed by atoms with Gasteiger partial charge in [-0.2, -0.15) is 4.31 Å². The molecular weight excluding hydrogens is 342 g/mol.